The summed E-state index contributed by atoms with van der Waals surface area (Å²) >= 11 is -3.79. The van der Waals surface area contributed by atoms with E-state index in [4.69, 9.17) is 16.5 Å². The van der Waals surface area contributed by atoms with Crippen molar-refractivity contribution in [1.82, 2.24) is 0 Å². The Hall–Kier alpha value is 0.165. The van der Waals surface area contributed by atoms with Gasteiger partial charge in [-0.2, -0.15) is 0 Å². The second kappa shape index (κ2) is 32.0. The number of rotatable bonds is 0. The molecule has 0 aromatic carbocycles. The van der Waals surface area contributed by atoms with E-state index in [2.05, 4.69) is 6.58 Å². The zero-order valence-electron chi connectivity index (χ0n) is 6.48. The average molecular weight is 240 g/mol. The van der Waals surface area contributed by atoms with Crippen LogP contribution in [-0.2, 0) is 42.7 Å². The molecule has 0 fully saturated rings. The maximum atomic E-state index is 8.54. The van der Waals surface area contributed by atoms with Crippen molar-refractivity contribution in [2.24, 2.45) is 0 Å². The molecule has 0 bridgehead atoms. The topological polar surface area (TPSA) is 71.4 Å². The fourth-order valence-corrected chi connectivity index (χ4v) is 0. The molecule has 0 spiro atoms. The Balaban J connectivity index is -0.0000000325. The van der Waals surface area contributed by atoms with Gasteiger partial charge in [0.25, 0.3) is 0 Å². The molecule has 0 saturated heterocycles. The van der Waals surface area contributed by atoms with Crippen molar-refractivity contribution >= 4 is 0 Å². The third-order valence-electron chi connectivity index (χ3n) is 0. The second-order valence-corrected chi connectivity index (χ2v) is 1.57. The number of hydrogen-bond acceptors (Lipinski definition) is 4. The molecule has 0 aliphatic heterocycles. The summed E-state index contributed by atoms with van der Waals surface area (Å²) in [4.78, 5) is 0. The third-order valence-corrected chi connectivity index (χ3v) is 0. The predicted octanol–water partition coefficient (Wildman–Crippen LogP) is 0.829. The van der Waals surface area contributed by atoms with E-state index >= 15 is 0 Å². The van der Waals surface area contributed by atoms with Crippen LogP contribution in [0.4, 0.5) is 0 Å². The van der Waals surface area contributed by atoms with Gasteiger partial charge in [0.05, 0.1) is 0 Å². The average Bonchev–Trinajstić information content (AvgIpc) is 1.65. The van der Waals surface area contributed by atoms with E-state index in [-0.39, 0.29) is 24.0 Å². The van der Waals surface area contributed by atoms with Crippen molar-refractivity contribution in [2.45, 2.75) is 13.8 Å². The van der Waals surface area contributed by atoms with E-state index in [1.165, 1.54) is 0 Å². The summed E-state index contributed by atoms with van der Waals surface area (Å²) in [7, 11) is 0. The maximum absolute atomic E-state index is 8.54. The Morgan fingerprint density at radius 2 is 1.45 bits per heavy atom. The van der Waals surface area contributed by atoms with Crippen LogP contribution in [0.15, 0.2) is 12.7 Å². The first-order chi connectivity index (χ1) is 4.56. The van der Waals surface area contributed by atoms with Gasteiger partial charge in [-0.3, -0.25) is 0 Å². The second-order valence-electron chi connectivity index (χ2n) is 0.929. The quantitative estimate of drug-likeness (QED) is 0.636. The predicted molar refractivity (Wildman–Crippen MR) is 30.7 cm³/mol. The molecule has 68 valence electrons. The summed E-state index contributed by atoms with van der Waals surface area (Å²) in [6.45, 7) is 7.18. The van der Waals surface area contributed by atoms with Crippen LogP contribution in [0.2, 0.25) is 0 Å². The molecule has 4 nitrogen and oxygen atoms in total. The summed E-state index contributed by atoms with van der Waals surface area (Å²) in [5.74, 6) is 0. The van der Waals surface area contributed by atoms with Gasteiger partial charge in [0, 0.05) is 24.0 Å². The van der Waals surface area contributed by atoms with Crippen LogP contribution in [0.25, 0.3) is 0 Å². The SMILES string of the molecule is C=CC.CCO.[Cr].[O]=[Cr](=[O])=[O]. The Bertz CT molecular complexity index is 128. The molecule has 0 saturated carbocycles. The van der Waals surface area contributed by atoms with Gasteiger partial charge in [0.1, 0.15) is 0 Å². The standard InChI is InChI=1S/C3H6.C2H6O.2Cr.3O/c1-3-2;1-2-3;;;;;/h3H,1H2,2H3;3H,2H2,1H3;;;;;. The Labute approximate surface area is 81.1 Å². The van der Waals surface area contributed by atoms with Gasteiger partial charge in [-0.05, 0) is 13.8 Å². The van der Waals surface area contributed by atoms with E-state index < -0.39 is 14.0 Å². The fourth-order valence-electron chi connectivity index (χ4n) is 0. The van der Waals surface area contributed by atoms with E-state index in [0.29, 0.717) is 0 Å². The van der Waals surface area contributed by atoms with Gasteiger partial charge in [0.2, 0.25) is 0 Å². The summed E-state index contributed by atoms with van der Waals surface area (Å²) in [6, 6.07) is 0. The van der Waals surface area contributed by atoms with Crippen LogP contribution in [0, 0.1) is 0 Å². The zero-order valence-corrected chi connectivity index (χ0v) is 9.03. The van der Waals surface area contributed by atoms with E-state index in [0.717, 1.165) is 0 Å². The van der Waals surface area contributed by atoms with Crippen LogP contribution in [-0.4, -0.2) is 11.7 Å². The van der Waals surface area contributed by atoms with Gasteiger partial charge in [-0.15, -0.1) is 6.58 Å². The first kappa shape index (κ1) is 22.5. The molecule has 0 amide bonds. The van der Waals surface area contributed by atoms with E-state index in [1.54, 1.807) is 13.0 Å². The van der Waals surface area contributed by atoms with Crippen LogP contribution in [0.3, 0.4) is 0 Å². The molecular weight excluding hydrogens is 228 g/mol. The van der Waals surface area contributed by atoms with Crippen LogP contribution < -0.4 is 0 Å². The van der Waals surface area contributed by atoms with Gasteiger partial charge in [-0.1, -0.05) is 6.08 Å². The molecule has 0 aromatic heterocycles. The van der Waals surface area contributed by atoms with Crippen molar-refractivity contribution in [2.75, 3.05) is 6.61 Å². The van der Waals surface area contributed by atoms with Crippen molar-refractivity contribution in [3.05, 3.63) is 12.7 Å². The molecular formula is C5H12Cr2O4. The van der Waals surface area contributed by atoms with Crippen molar-refractivity contribution in [3.63, 3.8) is 0 Å². The Morgan fingerprint density at radius 3 is 1.45 bits per heavy atom. The minimum absolute atomic E-state index is 0. The van der Waals surface area contributed by atoms with Crippen LogP contribution >= 0.6 is 0 Å². The molecule has 0 rings (SSSR count). The molecule has 0 aromatic rings. The molecule has 0 aliphatic rings. The van der Waals surface area contributed by atoms with Gasteiger partial charge in [0.15, 0.2) is 0 Å². The van der Waals surface area contributed by atoms with Crippen LogP contribution in [0.5, 0.6) is 0 Å². The summed E-state index contributed by atoms with van der Waals surface area (Å²) in [6.07, 6.45) is 1.75. The molecule has 11 heavy (non-hydrogen) atoms. The zero-order chi connectivity index (χ0) is 8.99. The minimum atomic E-state index is -3.79. The summed E-state index contributed by atoms with van der Waals surface area (Å²) in [5, 5.41) is 7.57. The third kappa shape index (κ3) is 24900. The van der Waals surface area contributed by atoms with Crippen molar-refractivity contribution < 1.29 is 47.8 Å². The monoisotopic (exact) mass is 240 g/mol. The van der Waals surface area contributed by atoms with Gasteiger partial charge >= 0.3 is 25.4 Å². The number of allylic oxidation sites excluding steroid dienone is 1. The first-order valence-electron chi connectivity index (χ1n) is 2.51. The number of aliphatic hydroxyl groups excluding tert-OH is 1. The summed E-state index contributed by atoms with van der Waals surface area (Å²) in [5.41, 5.74) is 0. The Morgan fingerprint density at radius 1 is 1.45 bits per heavy atom. The summed E-state index contributed by atoms with van der Waals surface area (Å²) < 4.78 is 25.6. The molecule has 0 radical (unpaired) electrons. The van der Waals surface area contributed by atoms with Crippen molar-refractivity contribution in [1.29, 1.82) is 0 Å². The van der Waals surface area contributed by atoms with Gasteiger partial charge in [-0.25, -0.2) is 0 Å². The van der Waals surface area contributed by atoms with Gasteiger partial charge < -0.3 is 5.11 Å². The normalized spacial score (nSPS) is 5.00. The molecule has 0 unspecified atom stereocenters. The number of aliphatic hydroxyl groups is 1. The molecule has 1 N–H and O–H groups in total. The Kier molecular flexibility index (Phi) is 65.4. The first-order valence-corrected chi connectivity index (χ1v) is 4.07. The van der Waals surface area contributed by atoms with Crippen LogP contribution in [0.1, 0.15) is 13.8 Å². The van der Waals surface area contributed by atoms with E-state index in [1.807, 2.05) is 6.92 Å². The molecule has 0 aliphatic carbocycles. The fraction of sp³-hybridized carbons (Fsp3) is 0.600. The molecule has 6 heteroatoms. The molecule has 0 atom stereocenters. The number of hydrogen-bond donors (Lipinski definition) is 1. The van der Waals surface area contributed by atoms with E-state index in [9.17, 15) is 0 Å². The van der Waals surface area contributed by atoms with Crippen molar-refractivity contribution in [3.8, 4) is 0 Å². The molecule has 0 heterocycles.